The molecule has 0 aromatic rings. The van der Waals surface area contributed by atoms with Crippen molar-refractivity contribution in [1.82, 2.24) is 4.90 Å². The number of nitrogens with one attached hydrogen (secondary N) is 1. The number of nitrogens with zero attached hydrogens (tertiary/aromatic N) is 1. The summed E-state index contributed by atoms with van der Waals surface area (Å²) >= 11 is 0. The van der Waals surface area contributed by atoms with E-state index in [4.69, 9.17) is 16.2 Å². The predicted octanol–water partition coefficient (Wildman–Crippen LogP) is 0.107. The van der Waals surface area contributed by atoms with E-state index in [-0.39, 0.29) is 0 Å². The molecule has 0 aromatic carbocycles. The summed E-state index contributed by atoms with van der Waals surface area (Å²) in [7, 11) is 0. The number of amidine groups is 1. The molecule has 1 saturated heterocycles. The lowest BCUT2D eigenvalue weighted by Gasteiger charge is -2.17. The van der Waals surface area contributed by atoms with Crippen molar-refractivity contribution in [3.8, 4) is 0 Å². The van der Waals surface area contributed by atoms with Crippen LogP contribution < -0.4 is 5.73 Å². The van der Waals surface area contributed by atoms with Crippen LogP contribution in [0.15, 0.2) is 0 Å². The largest absolute Gasteiger partial charge is 0.480 e. The number of hydrogen-bond donors (Lipinski definition) is 3. The monoisotopic (exact) mass is 199 g/mol. The highest BCUT2D eigenvalue weighted by molar-refractivity contribution is 5.76. The molecule has 5 heteroatoms. The first kappa shape index (κ1) is 11.0. The van der Waals surface area contributed by atoms with Gasteiger partial charge in [0.25, 0.3) is 0 Å². The van der Waals surface area contributed by atoms with E-state index in [1.54, 1.807) is 6.92 Å². The van der Waals surface area contributed by atoms with Crippen molar-refractivity contribution in [2.75, 3.05) is 13.1 Å². The first-order valence-corrected chi connectivity index (χ1v) is 4.79. The molecule has 0 radical (unpaired) electrons. The van der Waals surface area contributed by atoms with Crippen LogP contribution in [0, 0.1) is 11.3 Å². The van der Waals surface area contributed by atoms with Gasteiger partial charge in [-0.25, -0.2) is 0 Å². The van der Waals surface area contributed by atoms with Crippen LogP contribution in [0.5, 0.6) is 0 Å². The Morgan fingerprint density at radius 3 is 2.86 bits per heavy atom. The maximum atomic E-state index is 10.5. The molecule has 5 nitrogen and oxygen atoms in total. The van der Waals surface area contributed by atoms with Crippen LogP contribution in [0.4, 0.5) is 0 Å². The van der Waals surface area contributed by atoms with E-state index in [0.717, 1.165) is 19.5 Å². The van der Waals surface area contributed by atoms with E-state index < -0.39 is 12.0 Å². The maximum absolute atomic E-state index is 10.5. The summed E-state index contributed by atoms with van der Waals surface area (Å²) in [5, 5.41) is 16.1. The Morgan fingerprint density at radius 1 is 1.79 bits per heavy atom. The van der Waals surface area contributed by atoms with Gasteiger partial charge in [0.2, 0.25) is 0 Å². The highest BCUT2D eigenvalue weighted by atomic mass is 16.4. The van der Waals surface area contributed by atoms with Crippen LogP contribution in [0.25, 0.3) is 0 Å². The van der Waals surface area contributed by atoms with Crippen LogP contribution in [-0.2, 0) is 4.79 Å². The molecule has 1 rings (SSSR count). The molecule has 1 aliphatic rings. The van der Waals surface area contributed by atoms with Crippen molar-refractivity contribution >= 4 is 11.8 Å². The van der Waals surface area contributed by atoms with Gasteiger partial charge in [0, 0.05) is 13.1 Å². The van der Waals surface area contributed by atoms with E-state index in [1.165, 1.54) is 0 Å². The molecule has 2 atom stereocenters. The first-order valence-electron chi connectivity index (χ1n) is 4.79. The molecule has 1 heterocycles. The number of aliphatic carboxylic acids is 1. The van der Waals surface area contributed by atoms with Crippen molar-refractivity contribution in [2.24, 2.45) is 11.7 Å². The minimum absolute atomic E-state index is 0.321. The summed E-state index contributed by atoms with van der Waals surface area (Å²) in [6, 6.07) is -0.758. The molecule has 0 aliphatic carbocycles. The molecule has 14 heavy (non-hydrogen) atoms. The summed E-state index contributed by atoms with van der Waals surface area (Å²) in [6.07, 6.45) is 1.45. The molecule has 1 fully saturated rings. The molecule has 0 aromatic heterocycles. The Labute approximate surface area is 83.4 Å². The second kappa shape index (κ2) is 4.41. The fourth-order valence-corrected chi connectivity index (χ4v) is 1.79. The van der Waals surface area contributed by atoms with Gasteiger partial charge >= 0.3 is 5.97 Å². The molecule has 0 saturated carbocycles. The van der Waals surface area contributed by atoms with Gasteiger partial charge < -0.3 is 15.7 Å². The smallest absolute Gasteiger partial charge is 0.320 e. The van der Waals surface area contributed by atoms with Gasteiger partial charge in [-0.05, 0) is 25.7 Å². The summed E-state index contributed by atoms with van der Waals surface area (Å²) in [6.45, 7) is 3.38. The molecule has 0 spiro atoms. The number of carboxylic acid groups (broad SMARTS) is 1. The summed E-state index contributed by atoms with van der Waals surface area (Å²) in [5.74, 6) is -0.0622. The van der Waals surface area contributed by atoms with E-state index in [2.05, 4.69) is 0 Å². The van der Waals surface area contributed by atoms with E-state index >= 15 is 0 Å². The molecule has 80 valence electrons. The van der Waals surface area contributed by atoms with Crippen LogP contribution >= 0.6 is 0 Å². The number of carboxylic acids is 1. The molecule has 0 bridgehead atoms. The lowest BCUT2D eigenvalue weighted by Crippen LogP contribution is -2.33. The third-order valence-corrected chi connectivity index (χ3v) is 2.66. The molecular formula is C9H17N3O2. The van der Waals surface area contributed by atoms with Gasteiger partial charge in [-0.3, -0.25) is 10.2 Å². The average molecular weight is 199 g/mol. The fraction of sp³-hybridized carbons (Fsp3) is 0.778. The van der Waals surface area contributed by atoms with E-state index in [1.807, 2.05) is 4.90 Å². The van der Waals surface area contributed by atoms with Crippen molar-refractivity contribution in [2.45, 2.75) is 25.8 Å². The van der Waals surface area contributed by atoms with Crippen molar-refractivity contribution in [3.05, 3.63) is 0 Å². The Hall–Kier alpha value is -1.10. The van der Waals surface area contributed by atoms with Crippen LogP contribution in [0.3, 0.4) is 0 Å². The predicted molar refractivity (Wildman–Crippen MR) is 53.3 cm³/mol. The lowest BCUT2D eigenvalue weighted by atomic mass is 10.00. The second-order valence-electron chi connectivity index (χ2n) is 3.87. The molecular weight excluding hydrogens is 182 g/mol. The standard InChI is InChI=1S/C9H17N3O2/c1-6(10)12-3-2-7(5-12)4-8(11)9(13)14/h7-8,10H,2-5,11H2,1H3,(H,13,14)/t7-,8+/m1/s1. The number of hydrogen-bond acceptors (Lipinski definition) is 3. The zero-order valence-corrected chi connectivity index (χ0v) is 8.36. The number of rotatable bonds is 3. The SMILES string of the molecule is CC(=N)N1CC[C@H](C[C@H](N)C(=O)O)C1. The number of nitrogens with two attached hydrogens (primary N) is 1. The maximum Gasteiger partial charge on any atom is 0.320 e. The lowest BCUT2D eigenvalue weighted by molar-refractivity contribution is -0.138. The average Bonchev–Trinajstić information content (AvgIpc) is 2.52. The minimum Gasteiger partial charge on any atom is -0.480 e. The third kappa shape index (κ3) is 2.70. The van der Waals surface area contributed by atoms with E-state index in [0.29, 0.717) is 18.2 Å². The number of carbonyl (C=O) groups is 1. The van der Waals surface area contributed by atoms with Gasteiger partial charge in [0.05, 0.1) is 5.84 Å². The molecule has 4 N–H and O–H groups in total. The normalized spacial score (nSPS) is 23.6. The minimum atomic E-state index is -0.935. The van der Waals surface area contributed by atoms with Crippen LogP contribution in [0.1, 0.15) is 19.8 Å². The van der Waals surface area contributed by atoms with Crippen LogP contribution in [0.2, 0.25) is 0 Å². The Kier molecular flexibility index (Phi) is 3.46. The quantitative estimate of drug-likeness (QED) is 0.444. The van der Waals surface area contributed by atoms with Crippen LogP contribution in [-0.4, -0.2) is 40.9 Å². The number of likely N-dealkylation sites (tertiary alicyclic amines) is 1. The highest BCUT2D eigenvalue weighted by Crippen LogP contribution is 2.20. The van der Waals surface area contributed by atoms with E-state index in [9.17, 15) is 4.79 Å². The fourth-order valence-electron chi connectivity index (χ4n) is 1.79. The van der Waals surface area contributed by atoms with Crippen molar-refractivity contribution < 1.29 is 9.90 Å². The Balaban J connectivity index is 2.36. The summed E-state index contributed by atoms with van der Waals surface area (Å²) < 4.78 is 0. The summed E-state index contributed by atoms with van der Waals surface area (Å²) in [4.78, 5) is 12.5. The zero-order valence-electron chi connectivity index (χ0n) is 8.36. The molecule has 0 amide bonds. The Bertz CT molecular complexity index is 242. The second-order valence-corrected chi connectivity index (χ2v) is 3.87. The highest BCUT2D eigenvalue weighted by Gasteiger charge is 2.26. The third-order valence-electron chi connectivity index (χ3n) is 2.66. The van der Waals surface area contributed by atoms with Gasteiger partial charge in [-0.1, -0.05) is 0 Å². The summed E-state index contributed by atoms with van der Waals surface area (Å²) in [5.41, 5.74) is 5.45. The molecule has 1 aliphatic heterocycles. The van der Waals surface area contributed by atoms with Crippen molar-refractivity contribution in [1.29, 1.82) is 5.41 Å². The first-order chi connectivity index (χ1) is 6.50. The zero-order chi connectivity index (χ0) is 10.7. The molecule has 0 unspecified atom stereocenters. The van der Waals surface area contributed by atoms with Gasteiger partial charge in [-0.15, -0.1) is 0 Å². The topological polar surface area (TPSA) is 90.4 Å². The van der Waals surface area contributed by atoms with Crippen molar-refractivity contribution in [3.63, 3.8) is 0 Å². The van der Waals surface area contributed by atoms with Gasteiger partial charge in [0.1, 0.15) is 6.04 Å². The Morgan fingerprint density at radius 2 is 2.43 bits per heavy atom. The van der Waals surface area contributed by atoms with Gasteiger partial charge in [0.15, 0.2) is 0 Å². The van der Waals surface area contributed by atoms with Gasteiger partial charge in [-0.2, -0.15) is 0 Å².